The molecule has 1 nitrogen and oxygen atoms in total. The van der Waals surface area contributed by atoms with Crippen molar-refractivity contribution in [3.8, 4) is 0 Å². The van der Waals surface area contributed by atoms with Gasteiger partial charge in [0, 0.05) is 20.1 Å². The largest absolute Gasteiger partial charge is 0.289 e. The van der Waals surface area contributed by atoms with Gasteiger partial charge in [0.15, 0.2) is 5.78 Å². The molecule has 0 heterocycles. The van der Waals surface area contributed by atoms with Crippen molar-refractivity contribution in [1.82, 2.24) is 0 Å². The number of benzene rings is 3. The van der Waals surface area contributed by atoms with E-state index < -0.39 is 0 Å². The second-order valence-electron chi connectivity index (χ2n) is 4.54. The van der Waals surface area contributed by atoms with Crippen LogP contribution >= 0.6 is 31.9 Å². The molecule has 0 radical (unpaired) electrons. The lowest BCUT2D eigenvalue weighted by Gasteiger charge is -2.04. The van der Waals surface area contributed by atoms with Gasteiger partial charge in [-0.25, -0.2) is 0 Å². The van der Waals surface area contributed by atoms with Crippen LogP contribution in [0.5, 0.6) is 0 Å². The summed E-state index contributed by atoms with van der Waals surface area (Å²) in [7, 11) is 0. The van der Waals surface area contributed by atoms with E-state index in [4.69, 9.17) is 0 Å². The predicted molar refractivity (Wildman–Crippen MR) is 89.2 cm³/mol. The number of hydrogen-bond acceptors (Lipinski definition) is 1. The van der Waals surface area contributed by atoms with Gasteiger partial charge in [-0.05, 0) is 53.2 Å². The molecule has 0 bridgehead atoms. The highest BCUT2D eigenvalue weighted by molar-refractivity contribution is 9.10. The molecule has 0 aliphatic rings. The van der Waals surface area contributed by atoms with Crippen molar-refractivity contribution >= 4 is 48.4 Å². The molecule has 0 unspecified atom stereocenters. The average Bonchev–Trinajstić information content (AvgIpc) is 2.47. The minimum atomic E-state index is 0.0438. The molecule has 0 spiro atoms. The Kier molecular flexibility index (Phi) is 3.72. The molecular weight excluding hydrogens is 380 g/mol. The summed E-state index contributed by atoms with van der Waals surface area (Å²) in [6.07, 6.45) is 0. The van der Waals surface area contributed by atoms with Crippen LogP contribution in [0.4, 0.5) is 0 Å². The van der Waals surface area contributed by atoms with Crippen LogP contribution in [0.1, 0.15) is 15.9 Å². The first-order valence-electron chi connectivity index (χ1n) is 6.13. The Bertz CT molecular complexity index is 792. The normalized spacial score (nSPS) is 10.7. The van der Waals surface area contributed by atoms with Gasteiger partial charge in [-0.15, -0.1) is 0 Å². The van der Waals surface area contributed by atoms with Gasteiger partial charge in [0.05, 0.1) is 0 Å². The van der Waals surface area contributed by atoms with E-state index in [-0.39, 0.29) is 5.78 Å². The van der Waals surface area contributed by atoms with Gasteiger partial charge in [-0.1, -0.05) is 50.1 Å². The van der Waals surface area contributed by atoms with E-state index in [2.05, 4.69) is 31.9 Å². The van der Waals surface area contributed by atoms with Crippen LogP contribution in [0.25, 0.3) is 10.8 Å². The Balaban J connectivity index is 2.03. The van der Waals surface area contributed by atoms with Gasteiger partial charge < -0.3 is 0 Å². The van der Waals surface area contributed by atoms with E-state index in [1.54, 1.807) is 0 Å². The Morgan fingerprint density at radius 3 is 1.95 bits per heavy atom. The quantitative estimate of drug-likeness (QED) is 0.521. The van der Waals surface area contributed by atoms with E-state index in [1.807, 2.05) is 60.7 Å². The molecule has 98 valence electrons. The molecule has 3 aromatic rings. The lowest BCUT2D eigenvalue weighted by Crippen LogP contribution is -2.00. The molecule has 0 aliphatic heterocycles. The summed E-state index contributed by atoms with van der Waals surface area (Å²) in [6, 6.07) is 19.3. The Morgan fingerprint density at radius 2 is 1.20 bits per heavy atom. The highest BCUT2D eigenvalue weighted by atomic mass is 79.9. The second kappa shape index (κ2) is 5.51. The maximum Gasteiger partial charge on any atom is 0.193 e. The summed E-state index contributed by atoms with van der Waals surface area (Å²) in [5.41, 5.74) is 1.41. The molecule has 3 aromatic carbocycles. The van der Waals surface area contributed by atoms with Crippen LogP contribution in [0.3, 0.4) is 0 Å². The number of ketones is 1. The van der Waals surface area contributed by atoms with Gasteiger partial charge in [0.2, 0.25) is 0 Å². The van der Waals surface area contributed by atoms with Crippen molar-refractivity contribution in [2.24, 2.45) is 0 Å². The third kappa shape index (κ3) is 2.69. The van der Waals surface area contributed by atoms with Crippen molar-refractivity contribution in [2.75, 3.05) is 0 Å². The summed E-state index contributed by atoms with van der Waals surface area (Å²) in [6.45, 7) is 0. The van der Waals surface area contributed by atoms with Crippen molar-refractivity contribution < 1.29 is 4.79 Å². The summed E-state index contributed by atoms with van der Waals surface area (Å²) in [5, 5.41) is 2.18. The van der Waals surface area contributed by atoms with E-state index in [0.717, 1.165) is 19.7 Å². The smallest absolute Gasteiger partial charge is 0.193 e. The molecule has 0 saturated heterocycles. The van der Waals surface area contributed by atoms with Crippen molar-refractivity contribution in [3.05, 3.63) is 80.7 Å². The Labute approximate surface area is 133 Å². The number of hydrogen-bond donors (Lipinski definition) is 0. The summed E-state index contributed by atoms with van der Waals surface area (Å²) in [5.74, 6) is 0.0438. The van der Waals surface area contributed by atoms with Crippen LogP contribution in [0.15, 0.2) is 69.6 Å². The van der Waals surface area contributed by atoms with Gasteiger partial charge >= 0.3 is 0 Å². The summed E-state index contributed by atoms with van der Waals surface area (Å²) >= 11 is 6.83. The van der Waals surface area contributed by atoms with Gasteiger partial charge in [0.1, 0.15) is 0 Å². The lowest BCUT2D eigenvalue weighted by atomic mass is 10.0. The first-order valence-corrected chi connectivity index (χ1v) is 7.72. The van der Waals surface area contributed by atoms with E-state index >= 15 is 0 Å². The SMILES string of the molecule is O=C(c1ccc(Br)cc1)c1ccc2cc(Br)ccc2c1. The van der Waals surface area contributed by atoms with Crippen molar-refractivity contribution in [2.45, 2.75) is 0 Å². The Hall–Kier alpha value is -1.45. The number of carbonyl (C=O) groups excluding carboxylic acids is 1. The average molecular weight is 390 g/mol. The van der Waals surface area contributed by atoms with Crippen LogP contribution in [0.2, 0.25) is 0 Å². The number of halogens is 2. The van der Waals surface area contributed by atoms with Gasteiger partial charge in [0.25, 0.3) is 0 Å². The zero-order valence-corrected chi connectivity index (χ0v) is 13.6. The minimum Gasteiger partial charge on any atom is -0.289 e. The molecule has 20 heavy (non-hydrogen) atoms. The molecule has 0 aromatic heterocycles. The first kappa shape index (κ1) is 13.5. The Morgan fingerprint density at radius 1 is 0.650 bits per heavy atom. The topological polar surface area (TPSA) is 17.1 Å². The zero-order valence-electron chi connectivity index (χ0n) is 10.4. The molecule has 0 aliphatic carbocycles. The molecule has 0 atom stereocenters. The fraction of sp³-hybridized carbons (Fsp3) is 0. The van der Waals surface area contributed by atoms with Crippen LogP contribution in [-0.2, 0) is 0 Å². The molecule has 3 rings (SSSR count). The fourth-order valence-electron chi connectivity index (χ4n) is 2.13. The summed E-state index contributed by atoms with van der Waals surface area (Å²) in [4.78, 5) is 12.4. The summed E-state index contributed by atoms with van der Waals surface area (Å²) < 4.78 is 2.01. The van der Waals surface area contributed by atoms with E-state index in [0.29, 0.717) is 11.1 Å². The second-order valence-corrected chi connectivity index (χ2v) is 6.37. The highest BCUT2D eigenvalue weighted by Crippen LogP contribution is 2.22. The minimum absolute atomic E-state index is 0.0438. The maximum absolute atomic E-state index is 12.4. The number of fused-ring (bicyclic) bond motifs is 1. The van der Waals surface area contributed by atoms with Crippen molar-refractivity contribution in [3.63, 3.8) is 0 Å². The predicted octanol–water partition coefficient (Wildman–Crippen LogP) is 5.60. The van der Waals surface area contributed by atoms with Crippen molar-refractivity contribution in [1.29, 1.82) is 0 Å². The maximum atomic E-state index is 12.4. The van der Waals surface area contributed by atoms with Crippen LogP contribution in [-0.4, -0.2) is 5.78 Å². The monoisotopic (exact) mass is 388 g/mol. The molecule has 0 N–H and O–H groups in total. The number of rotatable bonds is 2. The molecular formula is C17H10Br2O. The number of carbonyl (C=O) groups is 1. The van der Waals surface area contributed by atoms with E-state index in [1.165, 1.54) is 0 Å². The van der Waals surface area contributed by atoms with Gasteiger partial charge in [-0.2, -0.15) is 0 Å². The first-order chi connectivity index (χ1) is 9.63. The third-order valence-corrected chi connectivity index (χ3v) is 4.19. The fourth-order valence-corrected chi connectivity index (χ4v) is 2.77. The van der Waals surface area contributed by atoms with Crippen LogP contribution in [0, 0.1) is 0 Å². The molecule has 0 fully saturated rings. The molecule has 0 amide bonds. The third-order valence-electron chi connectivity index (χ3n) is 3.17. The highest BCUT2D eigenvalue weighted by Gasteiger charge is 2.09. The molecule has 0 saturated carbocycles. The van der Waals surface area contributed by atoms with E-state index in [9.17, 15) is 4.79 Å². The van der Waals surface area contributed by atoms with Crippen LogP contribution < -0.4 is 0 Å². The van der Waals surface area contributed by atoms with Gasteiger partial charge in [-0.3, -0.25) is 4.79 Å². The standard InChI is InChI=1S/C17H10Br2O/c18-15-6-3-11(4-7-15)17(20)14-2-1-13-10-16(19)8-5-12(13)9-14/h1-10H. The molecule has 3 heteroatoms. The lowest BCUT2D eigenvalue weighted by molar-refractivity contribution is 0.103. The zero-order chi connectivity index (χ0) is 14.1.